The van der Waals surface area contributed by atoms with Crippen molar-refractivity contribution in [2.24, 2.45) is 12.8 Å². The maximum Gasteiger partial charge on any atom is 0.0642 e. The summed E-state index contributed by atoms with van der Waals surface area (Å²) in [5.41, 5.74) is 7.34. The lowest BCUT2D eigenvalue weighted by atomic mass is 9.87. The standard InChI is InChI=1S/C11H19N3O/c1-14-6-3-10(13-14)9-11(12)4-2-7-15-8-5-11/h3,6H,2,4-5,7-9,12H2,1H3. The Morgan fingerprint density at radius 1 is 1.53 bits per heavy atom. The first-order valence-electron chi connectivity index (χ1n) is 5.53. The zero-order valence-corrected chi connectivity index (χ0v) is 9.28. The summed E-state index contributed by atoms with van der Waals surface area (Å²) in [5, 5.41) is 4.38. The molecule has 0 spiro atoms. The Balaban J connectivity index is 2.02. The van der Waals surface area contributed by atoms with Crippen molar-refractivity contribution in [2.45, 2.75) is 31.2 Å². The molecule has 1 saturated heterocycles. The molecule has 4 heteroatoms. The van der Waals surface area contributed by atoms with Gasteiger partial charge in [0.05, 0.1) is 5.69 Å². The van der Waals surface area contributed by atoms with E-state index in [4.69, 9.17) is 10.5 Å². The van der Waals surface area contributed by atoms with Gasteiger partial charge < -0.3 is 10.5 Å². The molecule has 0 aliphatic carbocycles. The Bertz CT molecular complexity index is 313. The summed E-state index contributed by atoms with van der Waals surface area (Å²) in [6.45, 7) is 1.63. The molecule has 1 aliphatic heterocycles. The van der Waals surface area contributed by atoms with E-state index in [2.05, 4.69) is 5.10 Å². The lowest BCUT2D eigenvalue weighted by Crippen LogP contribution is -2.42. The van der Waals surface area contributed by atoms with E-state index in [9.17, 15) is 0 Å². The van der Waals surface area contributed by atoms with E-state index in [1.54, 1.807) is 0 Å². The lowest BCUT2D eigenvalue weighted by Gasteiger charge is -2.26. The Kier molecular flexibility index (Phi) is 3.07. The Morgan fingerprint density at radius 3 is 3.13 bits per heavy atom. The number of ether oxygens (including phenoxy) is 1. The van der Waals surface area contributed by atoms with Crippen LogP contribution in [0.3, 0.4) is 0 Å². The van der Waals surface area contributed by atoms with Crippen LogP contribution in [0.2, 0.25) is 0 Å². The summed E-state index contributed by atoms with van der Waals surface area (Å²) in [5.74, 6) is 0. The van der Waals surface area contributed by atoms with Crippen molar-refractivity contribution >= 4 is 0 Å². The zero-order valence-electron chi connectivity index (χ0n) is 9.28. The molecule has 1 aliphatic rings. The van der Waals surface area contributed by atoms with E-state index < -0.39 is 0 Å². The second-order valence-corrected chi connectivity index (χ2v) is 4.49. The first-order valence-corrected chi connectivity index (χ1v) is 5.53. The van der Waals surface area contributed by atoms with Gasteiger partial charge in [-0.3, -0.25) is 4.68 Å². The molecule has 4 nitrogen and oxygen atoms in total. The van der Waals surface area contributed by atoms with Gasteiger partial charge in [-0.2, -0.15) is 5.10 Å². The van der Waals surface area contributed by atoms with Crippen molar-refractivity contribution in [1.82, 2.24) is 9.78 Å². The zero-order chi connectivity index (χ0) is 10.7. The van der Waals surface area contributed by atoms with Gasteiger partial charge in [-0.1, -0.05) is 0 Å². The Morgan fingerprint density at radius 2 is 2.40 bits per heavy atom. The summed E-state index contributed by atoms with van der Waals surface area (Å²) in [6.07, 6.45) is 5.85. The molecule has 15 heavy (non-hydrogen) atoms. The van der Waals surface area contributed by atoms with Gasteiger partial charge in [0.1, 0.15) is 0 Å². The molecule has 1 fully saturated rings. The molecule has 0 radical (unpaired) electrons. The van der Waals surface area contributed by atoms with Gasteiger partial charge in [0.2, 0.25) is 0 Å². The topological polar surface area (TPSA) is 53.1 Å². The molecule has 0 saturated carbocycles. The van der Waals surface area contributed by atoms with Gasteiger partial charge in [-0.15, -0.1) is 0 Å². The predicted octanol–water partition coefficient (Wildman–Crippen LogP) is 0.861. The van der Waals surface area contributed by atoms with Crippen molar-refractivity contribution in [3.8, 4) is 0 Å². The molecule has 2 heterocycles. The number of hydrogen-bond acceptors (Lipinski definition) is 3. The molecule has 1 atom stereocenters. The minimum atomic E-state index is -0.120. The molecule has 84 valence electrons. The van der Waals surface area contributed by atoms with Gasteiger partial charge in [0, 0.05) is 38.4 Å². The minimum absolute atomic E-state index is 0.120. The average molecular weight is 209 g/mol. The quantitative estimate of drug-likeness (QED) is 0.786. The van der Waals surface area contributed by atoms with Crippen LogP contribution in [0.15, 0.2) is 12.3 Å². The van der Waals surface area contributed by atoms with Gasteiger partial charge in [0.25, 0.3) is 0 Å². The second-order valence-electron chi connectivity index (χ2n) is 4.49. The highest BCUT2D eigenvalue weighted by atomic mass is 16.5. The van der Waals surface area contributed by atoms with Crippen LogP contribution in [0.5, 0.6) is 0 Å². The molecular formula is C11H19N3O. The van der Waals surface area contributed by atoms with Crippen molar-refractivity contribution in [3.05, 3.63) is 18.0 Å². The summed E-state index contributed by atoms with van der Waals surface area (Å²) in [4.78, 5) is 0. The fourth-order valence-electron chi connectivity index (χ4n) is 2.12. The van der Waals surface area contributed by atoms with Crippen LogP contribution in [0.25, 0.3) is 0 Å². The number of aryl methyl sites for hydroxylation is 1. The highest BCUT2D eigenvalue weighted by Gasteiger charge is 2.27. The monoisotopic (exact) mass is 209 g/mol. The molecule has 2 N–H and O–H groups in total. The molecule has 1 aromatic heterocycles. The number of rotatable bonds is 2. The van der Waals surface area contributed by atoms with Crippen molar-refractivity contribution in [3.63, 3.8) is 0 Å². The third kappa shape index (κ3) is 2.79. The second kappa shape index (κ2) is 4.33. The van der Waals surface area contributed by atoms with Crippen molar-refractivity contribution < 1.29 is 4.74 Å². The van der Waals surface area contributed by atoms with E-state index >= 15 is 0 Å². The van der Waals surface area contributed by atoms with E-state index in [1.807, 2.05) is 24.0 Å². The third-order valence-electron chi connectivity index (χ3n) is 3.01. The van der Waals surface area contributed by atoms with Crippen LogP contribution in [0.4, 0.5) is 0 Å². The first kappa shape index (κ1) is 10.6. The summed E-state index contributed by atoms with van der Waals surface area (Å²) in [6, 6.07) is 2.04. The van der Waals surface area contributed by atoms with E-state index in [1.165, 1.54) is 0 Å². The summed E-state index contributed by atoms with van der Waals surface area (Å²) in [7, 11) is 1.93. The average Bonchev–Trinajstić information content (AvgIpc) is 2.46. The fourth-order valence-corrected chi connectivity index (χ4v) is 2.12. The minimum Gasteiger partial charge on any atom is -0.381 e. The fraction of sp³-hybridized carbons (Fsp3) is 0.727. The highest BCUT2D eigenvalue weighted by molar-refractivity contribution is 5.05. The first-order chi connectivity index (χ1) is 7.18. The van der Waals surface area contributed by atoms with Gasteiger partial charge in [-0.25, -0.2) is 0 Å². The molecule has 2 rings (SSSR count). The summed E-state index contributed by atoms with van der Waals surface area (Å²) < 4.78 is 7.25. The number of hydrogen-bond donors (Lipinski definition) is 1. The van der Waals surface area contributed by atoms with E-state index in [0.717, 1.165) is 44.6 Å². The van der Waals surface area contributed by atoms with Crippen LogP contribution in [-0.4, -0.2) is 28.5 Å². The normalized spacial score (nSPS) is 27.6. The maximum absolute atomic E-state index is 6.37. The number of nitrogens with zero attached hydrogens (tertiary/aromatic N) is 2. The molecule has 1 unspecified atom stereocenters. The maximum atomic E-state index is 6.37. The number of nitrogens with two attached hydrogens (primary N) is 1. The molecule has 1 aromatic rings. The largest absolute Gasteiger partial charge is 0.381 e. The Labute approximate surface area is 90.4 Å². The lowest BCUT2D eigenvalue weighted by molar-refractivity contribution is 0.139. The molecule has 0 aromatic carbocycles. The van der Waals surface area contributed by atoms with Gasteiger partial charge in [0.15, 0.2) is 0 Å². The van der Waals surface area contributed by atoms with Crippen LogP contribution in [0, 0.1) is 0 Å². The SMILES string of the molecule is Cn1ccc(CC2(N)CCCOCC2)n1. The smallest absolute Gasteiger partial charge is 0.0642 e. The number of aromatic nitrogens is 2. The summed E-state index contributed by atoms with van der Waals surface area (Å²) >= 11 is 0. The van der Waals surface area contributed by atoms with Crippen molar-refractivity contribution in [2.75, 3.05) is 13.2 Å². The van der Waals surface area contributed by atoms with Gasteiger partial charge >= 0.3 is 0 Å². The predicted molar refractivity (Wildman–Crippen MR) is 58.5 cm³/mol. The van der Waals surface area contributed by atoms with E-state index in [-0.39, 0.29) is 5.54 Å². The Hall–Kier alpha value is -0.870. The third-order valence-corrected chi connectivity index (χ3v) is 3.01. The molecular weight excluding hydrogens is 190 g/mol. The van der Waals surface area contributed by atoms with Crippen LogP contribution in [0.1, 0.15) is 25.0 Å². The van der Waals surface area contributed by atoms with Gasteiger partial charge in [-0.05, 0) is 25.3 Å². The van der Waals surface area contributed by atoms with Crippen LogP contribution in [-0.2, 0) is 18.2 Å². The van der Waals surface area contributed by atoms with Crippen LogP contribution < -0.4 is 5.73 Å². The van der Waals surface area contributed by atoms with E-state index in [0.29, 0.717) is 0 Å². The van der Waals surface area contributed by atoms with Crippen LogP contribution >= 0.6 is 0 Å². The van der Waals surface area contributed by atoms with Crippen molar-refractivity contribution in [1.29, 1.82) is 0 Å². The molecule has 0 amide bonds. The molecule has 0 bridgehead atoms. The highest BCUT2D eigenvalue weighted by Crippen LogP contribution is 2.22.